The number of nitrogens with zero attached hydrogens (tertiary/aromatic N) is 3. The van der Waals surface area contributed by atoms with Crippen LogP contribution in [0.4, 0.5) is 0 Å². The highest BCUT2D eigenvalue weighted by molar-refractivity contribution is 5.94. The molecule has 1 aliphatic rings. The van der Waals surface area contributed by atoms with Crippen molar-refractivity contribution in [3.05, 3.63) is 89.3 Å². The molecule has 4 heterocycles. The van der Waals surface area contributed by atoms with Gasteiger partial charge in [-0.2, -0.15) is 0 Å². The Bertz CT molecular complexity index is 1290. The monoisotopic (exact) mass is 474 g/mol. The summed E-state index contributed by atoms with van der Waals surface area (Å²) in [5.41, 5.74) is 3.49. The van der Waals surface area contributed by atoms with Crippen LogP contribution >= 0.6 is 0 Å². The number of morpholine rings is 1. The van der Waals surface area contributed by atoms with Gasteiger partial charge in [0.1, 0.15) is 29.5 Å². The Balaban J connectivity index is 1.18. The smallest absolute Gasteiger partial charge is 0.251 e. The van der Waals surface area contributed by atoms with Crippen LogP contribution in [0.2, 0.25) is 0 Å². The molecule has 1 saturated heterocycles. The lowest BCUT2D eigenvalue weighted by molar-refractivity contribution is 0.0117. The van der Waals surface area contributed by atoms with Gasteiger partial charge in [0.15, 0.2) is 0 Å². The topological polar surface area (TPSA) is 81.2 Å². The molecule has 0 aliphatic carbocycles. The largest absolute Gasteiger partial charge is 0.487 e. The van der Waals surface area contributed by atoms with Crippen LogP contribution in [-0.2, 0) is 11.3 Å². The van der Waals surface area contributed by atoms with Crippen molar-refractivity contribution in [1.82, 2.24) is 19.6 Å². The van der Waals surface area contributed by atoms with Crippen molar-refractivity contribution in [3.63, 3.8) is 0 Å². The van der Waals surface area contributed by atoms with Crippen LogP contribution in [0, 0.1) is 13.8 Å². The number of amides is 1. The minimum atomic E-state index is -0.131. The highest BCUT2D eigenvalue weighted by Crippen LogP contribution is 2.23. The Labute approximate surface area is 204 Å². The van der Waals surface area contributed by atoms with Gasteiger partial charge in [0.25, 0.3) is 5.91 Å². The third-order valence-electron chi connectivity index (χ3n) is 6.18. The van der Waals surface area contributed by atoms with Gasteiger partial charge in [0, 0.05) is 37.6 Å². The Morgan fingerprint density at radius 3 is 2.60 bits per heavy atom. The molecule has 1 atom stereocenters. The van der Waals surface area contributed by atoms with Gasteiger partial charge in [0.2, 0.25) is 0 Å². The standard InChI is InChI=1S/C27H30N4O4/c1-19-3-10-26-29-22(17-31(26)16-19)18-34-23-7-5-21(6-8-23)27(32)28-15-24(25-9-4-20(2)35-25)30-11-13-33-14-12-30/h3-10,16-17,24H,11-15,18H2,1-2H3,(H,28,32). The summed E-state index contributed by atoms with van der Waals surface area (Å²) in [5.74, 6) is 2.27. The van der Waals surface area contributed by atoms with Gasteiger partial charge in [-0.15, -0.1) is 0 Å². The van der Waals surface area contributed by atoms with Crippen molar-refractivity contribution in [2.24, 2.45) is 0 Å². The number of benzene rings is 1. The van der Waals surface area contributed by atoms with Crippen LogP contribution < -0.4 is 10.1 Å². The molecule has 0 radical (unpaired) electrons. The second-order valence-electron chi connectivity index (χ2n) is 8.84. The van der Waals surface area contributed by atoms with Crippen LogP contribution in [0.15, 0.2) is 65.3 Å². The number of imidazole rings is 1. The molecule has 4 aromatic rings. The molecule has 1 N–H and O–H groups in total. The van der Waals surface area contributed by atoms with Gasteiger partial charge in [-0.3, -0.25) is 9.69 Å². The molecule has 182 valence electrons. The number of aryl methyl sites for hydroxylation is 2. The van der Waals surface area contributed by atoms with Crippen molar-refractivity contribution in [2.75, 3.05) is 32.8 Å². The van der Waals surface area contributed by atoms with Crippen LogP contribution in [0.5, 0.6) is 5.75 Å². The molecule has 1 unspecified atom stereocenters. The maximum Gasteiger partial charge on any atom is 0.251 e. The summed E-state index contributed by atoms with van der Waals surface area (Å²) in [7, 11) is 0. The molecule has 35 heavy (non-hydrogen) atoms. The number of carbonyl (C=O) groups excluding carboxylic acids is 1. The van der Waals surface area contributed by atoms with Crippen molar-refractivity contribution < 1.29 is 18.7 Å². The van der Waals surface area contributed by atoms with Crippen LogP contribution in [0.1, 0.15) is 39.2 Å². The number of nitrogens with one attached hydrogen (secondary N) is 1. The van der Waals surface area contributed by atoms with Crippen LogP contribution in [0.25, 0.3) is 5.65 Å². The first-order chi connectivity index (χ1) is 17.0. The van der Waals surface area contributed by atoms with Gasteiger partial charge < -0.3 is 23.6 Å². The molecular formula is C27H30N4O4. The highest BCUT2D eigenvalue weighted by Gasteiger charge is 2.25. The summed E-state index contributed by atoms with van der Waals surface area (Å²) in [6, 6.07) is 15.1. The summed E-state index contributed by atoms with van der Waals surface area (Å²) in [4.78, 5) is 19.7. The van der Waals surface area contributed by atoms with Crippen molar-refractivity contribution in [2.45, 2.75) is 26.5 Å². The number of fused-ring (bicyclic) bond motifs is 1. The van der Waals surface area contributed by atoms with Crippen LogP contribution in [-0.4, -0.2) is 53.0 Å². The van der Waals surface area contributed by atoms with Gasteiger partial charge in [0.05, 0.1) is 24.9 Å². The van der Waals surface area contributed by atoms with E-state index >= 15 is 0 Å². The van der Waals surface area contributed by atoms with E-state index in [0.717, 1.165) is 36.0 Å². The first kappa shape index (κ1) is 23.1. The zero-order chi connectivity index (χ0) is 24.2. The quantitative estimate of drug-likeness (QED) is 0.417. The van der Waals surface area contributed by atoms with E-state index in [2.05, 4.69) is 15.2 Å². The highest BCUT2D eigenvalue weighted by atomic mass is 16.5. The van der Waals surface area contributed by atoms with E-state index < -0.39 is 0 Å². The third kappa shape index (κ3) is 5.55. The number of aromatic nitrogens is 2. The molecule has 0 spiro atoms. The van der Waals surface area contributed by atoms with E-state index in [0.29, 0.717) is 37.7 Å². The van der Waals surface area contributed by atoms with E-state index in [1.165, 1.54) is 5.56 Å². The van der Waals surface area contributed by atoms with Gasteiger partial charge in [-0.1, -0.05) is 6.07 Å². The molecule has 3 aromatic heterocycles. The molecule has 8 heteroatoms. The zero-order valence-corrected chi connectivity index (χ0v) is 20.1. The molecule has 0 bridgehead atoms. The van der Waals surface area contributed by atoms with E-state index in [-0.39, 0.29) is 11.9 Å². The zero-order valence-electron chi connectivity index (χ0n) is 20.1. The Morgan fingerprint density at radius 1 is 1.06 bits per heavy atom. The fourth-order valence-corrected chi connectivity index (χ4v) is 4.31. The summed E-state index contributed by atoms with van der Waals surface area (Å²) in [6.07, 6.45) is 4.01. The molecule has 5 rings (SSSR count). The molecule has 8 nitrogen and oxygen atoms in total. The number of furan rings is 1. The Kier molecular flexibility index (Phi) is 6.83. The van der Waals surface area contributed by atoms with Gasteiger partial charge >= 0.3 is 0 Å². The number of hydrogen-bond acceptors (Lipinski definition) is 6. The average Bonchev–Trinajstić information content (AvgIpc) is 3.49. The first-order valence-electron chi connectivity index (χ1n) is 11.9. The maximum absolute atomic E-state index is 12.8. The lowest BCUT2D eigenvalue weighted by Crippen LogP contribution is -2.43. The van der Waals surface area contributed by atoms with E-state index in [1.54, 1.807) is 12.1 Å². The van der Waals surface area contributed by atoms with Crippen molar-refractivity contribution in [3.8, 4) is 5.75 Å². The fraction of sp³-hybridized carbons (Fsp3) is 0.333. The minimum Gasteiger partial charge on any atom is -0.487 e. The van der Waals surface area contributed by atoms with Gasteiger partial charge in [-0.25, -0.2) is 4.98 Å². The summed E-state index contributed by atoms with van der Waals surface area (Å²) < 4.78 is 19.3. The number of carbonyl (C=O) groups is 1. The number of pyridine rings is 1. The number of hydrogen-bond donors (Lipinski definition) is 1. The van der Waals surface area contributed by atoms with Crippen molar-refractivity contribution >= 4 is 11.6 Å². The lowest BCUT2D eigenvalue weighted by Gasteiger charge is -2.33. The lowest BCUT2D eigenvalue weighted by atomic mass is 10.1. The normalized spacial score (nSPS) is 15.3. The molecule has 1 aromatic carbocycles. The molecular weight excluding hydrogens is 444 g/mol. The van der Waals surface area contributed by atoms with Gasteiger partial charge in [-0.05, 0) is 61.9 Å². The van der Waals surface area contributed by atoms with E-state index in [4.69, 9.17) is 13.9 Å². The molecule has 1 amide bonds. The number of rotatable bonds is 8. The first-order valence-corrected chi connectivity index (χ1v) is 11.9. The minimum absolute atomic E-state index is 0.0339. The Morgan fingerprint density at radius 2 is 1.86 bits per heavy atom. The molecule has 1 aliphatic heterocycles. The predicted octanol–water partition coefficient (Wildman–Crippen LogP) is 3.93. The molecule has 1 fully saturated rings. The SMILES string of the molecule is Cc1ccc2nc(COc3ccc(C(=O)NCC(c4ccc(C)o4)N4CCOCC4)cc3)cn2c1. The second-order valence-corrected chi connectivity index (χ2v) is 8.84. The summed E-state index contributed by atoms with van der Waals surface area (Å²) in [6.45, 7) is 7.76. The maximum atomic E-state index is 12.8. The second kappa shape index (κ2) is 10.3. The predicted molar refractivity (Wildman–Crippen MR) is 132 cm³/mol. The van der Waals surface area contributed by atoms with Crippen molar-refractivity contribution in [1.29, 1.82) is 0 Å². The Hall–Kier alpha value is -3.62. The third-order valence-corrected chi connectivity index (χ3v) is 6.18. The fourth-order valence-electron chi connectivity index (χ4n) is 4.31. The average molecular weight is 475 g/mol. The summed E-state index contributed by atoms with van der Waals surface area (Å²) >= 11 is 0. The number of ether oxygens (including phenoxy) is 2. The van der Waals surface area contributed by atoms with E-state index in [9.17, 15) is 4.79 Å². The summed E-state index contributed by atoms with van der Waals surface area (Å²) in [5, 5.41) is 3.07. The van der Waals surface area contributed by atoms with E-state index in [1.807, 2.05) is 67.0 Å². The van der Waals surface area contributed by atoms with Crippen LogP contribution in [0.3, 0.4) is 0 Å². The molecule has 0 saturated carbocycles.